The molecule has 3 rings (SSSR count). The fourth-order valence-electron chi connectivity index (χ4n) is 2.28. The van der Waals surface area contributed by atoms with Gasteiger partial charge in [-0.3, -0.25) is 4.79 Å². The van der Waals surface area contributed by atoms with Gasteiger partial charge in [-0.2, -0.15) is 15.4 Å². The quantitative estimate of drug-likeness (QED) is 0.895. The third kappa shape index (κ3) is 2.09. The highest BCUT2D eigenvalue weighted by Crippen LogP contribution is 2.24. The number of hydrogen-bond donors (Lipinski definition) is 1. The molecule has 0 aliphatic carbocycles. The monoisotopic (exact) mass is 275 g/mol. The lowest BCUT2D eigenvalue weighted by atomic mass is 10.1. The van der Waals surface area contributed by atoms with E-state index in [-0.39, 0.29) is 11.8 Å². The van der Waals surface area contributed by atoms with E-state index in [1.165, 1.54) is 0 Å². The zero-order chi connectivity index (χ0) is 14.3. The van der Waals surface area contributed by atoms with E-state index in [1.54, 1.807) is 11.8 Å². The van der Waals surface area contributed by atoms with E-state index < -0.39 is 0 Å². The number of rotatable bonds is 2. The highest BCUT2D eigenvalue weighted by Gasteiger charge is 2.28. The first-order valence-corrected chi connectivity index (χ1v) is 6.71. The Morgan fingerprint density at radius 2 is 2.20 bits per heavy atom. The molecule has 0 unspecified atom stereocenters. The topological polar surface area (TPSA) is 87.9 Å². The molecule has 1 amide bonds. The number of oxazole rings is 1. The van der Waals surface area contributed by atoms with Gasteiger partial charge in [-0.25, -0.2) is 4.98 Å². The summed E-state index contributed by atoms with van der Waals surface area (Å²) in [4.78, 5) is 18.6. The van der Waals surface area contributed by atoms with Crippen LogP contribution < -0.4 is 0 Å². The number of hydrogen-bond acceptors (Lipinski definition) is 5. The molecule has 1 N–H and O–H groups in total. The number of fused-ring (bicyclic) bond motifs is 1. The summed E-state index contributed by atoms with van der Waals surface area (Å²) in [7, 11) is 0. The van der Waals surface area contributed by atoms with Gasteiger partial charge in [0.1, 0.15) is 11.5 Å². The number of carbonyl (C=O) groups excluding carboxylic acids is 1. The molecule has 1 aliphatic heterocycles. The van der Waals surface area contributed by atoms with Gasteiger partial charge < -0.3 is 9.32 Å². The molecule has 2 aromatic rings. The van der Waals surface area contributed by atoms with Crippen LogP contribution in [-0.2, 0) is 13.0 Å². The molecule has 0 fully saturated rings. The van der Waals surface area contributed by atoms with Gasteiger partial charge in [-0.1, -0.05) is 13.8 Å². The molecule has 3 heterocycles. The lowest BCUT2D eigenvalue weighted by molar-refractivity contribution is 0.0721. The molecular weight excluding hydrogens is 258 g/mol. The third-order valence-corrected chi connectivity index (χ3v) is 3.45. The highest BCUT2D eigenvalue weighted by molar-refractivity contribution is 5.93. The summed E-state index contributed by atoms with van der Waals surface area (Å²) in [6.45, 7) is 6.93. The van der Waals surface area contributed by atoms with Crippen molar-refractivity contribution in [2.75, 3.05) is 6.54 Å². The highest BCUT2D eigenvalue weighted by atomic mass is 16.4. The van der Waals surface area contributed by atoms with Crippen molar-refractivity contribution in [3.63, 3.8) is 0 Å². The third-order valence-electron chi connectivity index (χ3n) is 3.45. The lowest BCUT2D eigenvalue weighted by Crippen LogP contribution is -2.36. The van der Waals surface area contributed by atoms with Crippen molar-refractivity contribution in [1.29, 1.82) is 0 Å². The van der Waals surface area contributed by atoms with E-state index in [1.807, 2.05) is 13.8 Å². The Labute approximate surface area is 116 Å². The average molecular weight is 275 g/mol. The van der Waals surface area contributed by atoms with E-state index in [0.29, 0.717) is 30.9 Å². The minimum atomic E-state index is -0.115. The number of nitrogens with one attached hydrogen (secondary N) is 1. The van der Waals surface area contributed by atoms with Crippen LogP contribution >= 0.6 is 0 Å². The maximum Gasteiger partial charge on any atom is 0.276 e. The molecule has 0 atom stereocenters. The van der Waals surface area contributed by atoms with Crippen LogP contribution in [0.5, 0.6) is 0 Å². The Morgan fingerprint density at radius 3 is 2.85 bits per heavy atom. The van der Waals surface area contributed by atoms with Gasteiger partial charge in [0.15, 0.2) is 11.6 Å². The summed E-state index contributed by atoms with van der Waals surface area (Å²) in [5.74, 6) is 1.77. The molecule has 20 heavy (non-hydrogen) atoms. The summed E-state index contributed by atoms with van der Waals surface area (Å²) in [5, 5.41) is 10.3. The van der Waals surface area contributed by atoms with Crippen LogP contribution in [0.1, 0.15) is 53.3 Å². The van der Waals surface area contributed by atoms with Crippen LogP contribution in [0, 0.1) is 6.92 Å². The first-order valence-electron chi connectivity index (χ1n) is 6.71. The largest absolute Gasteiger partial charge is 0.445 e. The molecule has 7 heteroatoms. The van der Waals surface area contributed by atoms with Gasteiger partial charge in [0, 0.05) is 18.9 Å². The number of aromatic amines is 1. The minimum absolute atomic E-state index is 0.115. The van der Waals surface area contributed by atoms with Crippen molar-refractivity contribution in [2.45, 2.75) is 39.7 Å². The summed E-state index contributed by atoms with van der Waals surface area (Å²) in [5.41, 5.74) is 1.85. The van der Waals surface area contributed by atoms with Gasteiger partial charge >= 0.3 is 0 Å². The molecule has 106 valence electrons. The zero-order valence-corrected chi connectivity index (χ0v) is 11.8. The lowest BCUT2D eigenvalue weighted by Gasteiger charge is -2.24. The SMILES string of the molecule is Cc1n[nH]nc1C(=O)N1CCc2oc(C(C)C)nc2C1. The van der Waals surface area contributed by atoms with Crippen molar-refractivity contribution in [3.05, 3.63) is 28.7 Å². The van der Waals surface area contributed by atoms with Gasteiger partial charge in [0.2, 0.25) is 0 Å². The molecule has 2 aromatic heterocycles. The summed E-state index contributed by atoms with van der Waals surface area (Å²) >= 11 is 0. The molecule has 0 saturated carbocycles. The summed E-state index contributed by atoms with van der Waals surface area (Å²) in [6, 6.07) is 0. The number of aryl methyl sites for hydroxylation is 1. The zero-order valence-electron chi connectivity index (χ0n) is 11.8. The van der Waals surface area contributed by atoms with Crippen LogP contribution in [0.25, 0.3) is 0 Å². The minimum Gasteiger partial charge on any atom is -0.445 e. The number of carbonyl (C=O) groups is 1. The van der Waals surface area contributed by atoms with Crippen LogP contribution in [0.2, 0.25) is 0 Å². The average Bonchev–Trinajstić information content (AvgIpc) is 3.02. The maximum absolute atomic E-state index is 12.4. The number of H-pyrrole nitrogens is 1. The molecule has 7 nitrogen and oxygen atoms in total. The van der Waals surface area contributed by atoms with Crippen LogP contribution in [0.3, 0.4) is 0 Å². The Morgan fingerprint density at radius 1 is 1.40 bits per heavy atom. The molecule has 0 saturated heterocycles. The Hall–Kier alpha value is -2.18. The normalized spacial score (nSPS) is 14.7. The van der Waals surface area contributed by atoms with Crippen molar-refractivity contribution in [1.82, 2.24) is 25.3 Å². The van der Waals surface area contributed by atoms with E-state index in [9.17, 15) is 4.79 Å². The number of amides is 1. The van der Waals surface area contributed by atoms with Crippen molar-refractivity contribution in [2.24, 2.45) is 0 Å². The number of aromatic nitrogens is 4. The van der Waals surface area contributed by atoms with Gasteiger partial charge in [-0.15, -0.1) is 0 Å². The number of nitrogens with zero attached hydrogens (tertiary/aromatic N) is 4. The maximum atomic E-state index is 12.4. The fourth-order valence-corrected chi connectivity index (χ4v) is 2.28. The second-order valence-electron chi connectivity index (χ2n) is 5.31. The van der Waals surface area contributed by atoms with Crippen LogP contribution in [-0.4, -0.2) is 37.7 Å². The summed E-state index contributed by atoms with van der Waals surface area (Å²) in [6.07, 6.45) is 0.692. The Bertz CT molecular complexity index is 643. The first kappa shape index (κ1) is 12.8. The molecular formula is C13H17N5O2. The second-order valence-corrected chi connectivity index (χ2v) is 5.31. The summed E-state index contributed by atoms with van der Waals surface area (Å²) < 4.78 is 5.73. The molecule has 0 spiro atoms. The molecule has 0 radical (unpaired) electrons. The van der Waals surface area contributed by atoms with Crippen molar-refractivity contribution >= 4 is 5.91 Å². The van der Waals surface area contributed by atoms with Gasteiger partial charge in [0.25, 0.3) is 5.91 Å². The molecule has 0 bridgehead atoms. The first-order chi connectivity index (χ1) is 9.56. The predicted molar refractivity (Wildman–Crippen MR) is 70.2 cm³/mol. The van der Waals surface area contributed by atoms with E-state index in [4.69, 9.17) is 4.42 Å². The second kappa shape index (κ2) is 4.73. The Kier molecular flexibility index (Phi) is 3.04. The standard InChI is InChI=1S/C13H17N5O2/c1-7(2)12-14-9-6-18(5-4-10(9)20-12)13(19)11-8(3)15-17-16-11/h7H,4-6H2,1-3H3,(H,15,16,17). The van der Waals surface area contributed by atoms with E-state index in [2.05, 4.69) is 20.4 Å². The van der Waals surface area contributed by atoms with E-state index >= 15 is 0 Å². The molecule has 1 aliphatic rings. The van der Waals surface area contributed by atoms with Gasteiger partial charge in [0.05, 0.1) is 12.2 Å². The molecule has 0 aromatic carbocycles. The van der Waals surface area contributed by atoms with E-state index in [0.717, 1.165) is 17.3 Å². The fraction of sp³-hybridized carbons (Fsp3) is 0.538. The van der Waals surface area contributed by atoms with Crippen molar-refractivity contribution < 1.29 is 9.21 Å². The van der Waals surface area contributed by atoms with Gasteiger partial charge in [-0.05, 0) is 6.92 Å². The predicted octanol–water partition coefficient (Wildman–Crippen LogP) is 1.42. The van der Waals surface area contributed by atoms with Crippen LogP contribution in [0.15, 0.2) is 4.42 Å². The van der Waals surface area contributed by atoms with Crippen molar-refractivity contribution in [3.8, 4) is 0 Å². The Balaban J connectivity index is 1.82. The smallest absolute Gasteiger partial charge is 0.276 e. The van der Waals surface area contributed by atoms with Crippen LogP contribution in [0.4, 0.5) is 0 Å².